The van der Waals surface area contributed by atoms with Gasteiger partial charge in [-0.2, -0.15) is 0 Å². The molecule has 0 fully saturated rings. The van der Waals surface area contributed by atoms with Gasteiger partial charge in [-0.15, -0.1) is 0 Å². The Bertz CT molecular complexity index is 1330. The number of esters is 2. The standard InChI is InChI=1S/C25H16O8/c1-32-24(30)20(25(31)33-2)19-18(22(28)14-9-5-6-10-15(14)23(19)29)16-11-17(26)12-7-3-4-8-13(12)21(16)27/h3-11,20H,1-2H3. The van der Waals surface area contributed by atoms with E-state index in [1.807, 2.05) is 0 Å². The lowest BCUT2D eigenvalue weighted by Gasteiger charge is -2.26. The van der Waals surface area contributed by atoms with Crippen LogP contribution in [-0.2, 0) is 19.1 Å². The first kappa shape index (κ1) is 21.8. The van der Waals surface area contributed by atoms with E-state index >= 15 is 0 Å². The van der Waals surface area contributed by atoms with Crippen LogP contribution >= 0.6 is 0 Å². The number of rotatable bonds is 4. The normalized spacial score (nSPS) is 15.2. The summed E-state index contributed by atoms with van der Waals surface area (Å²) >= 11 is 0. The number of fused-ring (bicyclic) bond motifs is 2. The average Bonchev–Trinajstić information content (AvgIpc) is 2.84. The minimum atomic E-state index is -1.93. The van der Waals surface area contributed by atoms with Crippen molar-refractivity contribution < 1.29 is 38.2 Å². The molecule has 0 aromatic heterocycles. The van der Waals surface area contributed by atoms with Gasteiger partial charge in [0.25, 0.3) is 0 Å². The lowest BCUT2D eigenvalue weighted by molar-refractivity contribution is -0.156. The topological polar surface area (TPSA) is 121 Å². The van der Waals surface area contributed by atoms with Crippen molar-refractivity contribution in [3.63, 3.8) is 0 Å². The predicted octanol–water partition coefficient (Wildman–Crippen LogP) is 2.33. The second kappa shape index (κ2) is 8.23. The van der Waals surface area contributed by atoms with E-state index in [0.29, 0.717) is 0 Å². The molecule has 2 aromatic rings. The van der Waals surface area contributed by atoms with Crippen LogP contribution in [0, 0.1) is 5.92 Å². The Morgan fingerprint density at radius 2 is 1.12 bits per heavy atom. The number of Topliss-reactive ketones (excluding diaryl/α,β-unsaturated/α-hetero) is 3. The molecule has 0 atom stereocenters. The number of benzene rings is 2. The highest BCUT2D eigenvalue weighted by Gasteiger charge is 2.46. The summed E-state index contributed by atoms with van der Waals surface area (Å²) in [4.78, 5) is 78.2. The summed E-state index contributed by atoms with van der Waals surface area (Å²) in [6.45, 7) is 0. The molecule has 0 heterocycles. The zero-order valence-electron chi connectivity index (χ0n) is 17.5. The van der Waals surface area contributed by atoms with Gasteiger partial charge in [-0.25, -0.2) is 0 Å². The first-order valence-electron chi connectivity index (χ1n) is 9.80. The molecule has 0 radical (unpaired) electrons. The smallest absolute Gasteiger partial charge is 0.324 e. The summed E-state index contributed by atoms with van der Waals surface area (Å²) in [7, 11) is 2.01. The van der Waals surface area contributed by atoms with Crippen molar-refractivity contribution in [2.24, 2.45) is 5.92 Å². The lowest BCUT2D eigenvalue weighted by Crippen LogP contribution is -2.37. The zero-order chi connectivity index (χ0) is 23.9. The van der Waals surface area contributed by atoms with Crippen LogP contribution in [0.4, 0.5) is 0 Å². The fourth-order valence-electron chi connectivity index (χ4n) is 4.01. The Balaban J connectivity index is 2.05. The number of allylic oxidation sites excluding steroid dienone is 3. The van der Waals surface area contributed by atoms with Crippen LogP contribution in [0.15, 0.2) is 71.3 Å². The van der Waals surface area contributed by atoms with E-state index in [-0.39, 0.29) is 27.8 Å². The number of carbonyl (C=O) groups is 6. The van der Waals surface area contributed by atoms with Crippen molar-refractivity contribution in [3.05, 3.63) is 93.6 Å². The Hall–Kier alpha value is -4.46. The van der Waals surface area contributed by atoms with Crippen molar-refractivity contribution >= 4 is 35.1 Å². The maximum Gasteiger partial charge on any atom is 0.324 e. The first-order chi connectivity index (χ1) is 15.8. The van der Waals surface area contributed by atoms with Gasteiger partial charge in [0.05, 0.1) is 14.2 Å². The van der Waals surface area contributed by atoms with E-state index in [1.54, 1.807) is 12.1 Å². The third-order valence-corrected chi connectivity index (χ3v) is 5.55. The van der Waals surface area contributed by atoms with Gasteiger partial charge in [0.1, 0.15) is 0 Å². The van der Waals surface area contributed by atoms with Crippen LogP contribution in [0.1, 0.15) is 41.4 Å². The summed E-state index contributed by atoms with van der Waals surface area (Å²) in [6.07, 6.45) is 0.949. The summed E-state index contributed by atoms with van der Waals surface area (Å²) < 4.78 is 9.38. The molecule has 0 saturated carbocycles. The number of methoxy groups -OCH3 is 2. The Morgan fingerprint density at radius 1 is 0.667 bits per heavy atom. The largest absolute Gasteiger partial charge is 0.468 e. The van der Waals surface area contributed by atoms with Crippen molar-refractivity contribution in [2.75, 3.05) is 14.2 Å². The Labute approximate surface area is 187 Å². The van der Waals surface area contributed by atoms with Gasteiger partial charge >= 0.3 is 11.9 Å². The molecule has 2 aromatic carbocycles. The van der Waals surface area contributed by atoms with Crippen LogP contribution in [0.25, 0.3) is 0 Å². The molecule has 0 amide bonds. The van der Waals surface area contributed by atoms with E-state index in [2.05, 4.69) is 0 Å². The molecule has 164 valence electrons. The molecule has 0 bridgehead atoms. The highest BCUT2D eigenvalue weighted by atomic mass is 16.5. The van der Waals surface area contributed by atoms with Gasteiger partial charge in [-0.3, -0.25) is 28.8 Å². The number of hydrogen-bond donors (Lipinski definition) is 0. The minimum absolute atomic E-state index is 0.0188. The summed E-state index contributed by atoms with van der Waals surface area (Å²) in [5.41, 5.74) is -1.32. The molecule has 8 heteroatoms. The minimum Gasteiger partial charge on any atom is -0.468 e. The number of hydrogen-bond acceptors (Lipinski definition) is 8. The fourth-order valence-corrected chi connectivity index (χ4v) is 4.01. The van der Waals surface area contributed by atoms with E-state index < -0.39 is 52.1 Å². The van der Waals surface area contributed by atoms with E-state index in [0.717, 1.165) is 20.3 Å². The van der Waals surface area contributed by atoms with Crippen LogP contribution in [0.3, 0.4) is 0 Å². The molecule has 0 N–H and O–H groups in total. The molecule has 4 rings (SSSR count). The van der Waals surface area contributed by atoms with E-state index in [4.69, 9.17) is 9.47 Å². The van der Waals surface area contributed by atoms with Gasteiger partial charge in [0, 0.05) is 39.0 Å². The van der Waals surface area contributed by atoms with Crippen LogP contribution in [0.2, 0.25) is 0 Å². The highest BCUT2D eigenvalue weighted by molar-refractivity contribution is 6.37. The summed E-state index contributed by atoms with van der Waals surface area (Å²) in [5, 5.41) is 0. The first-order valence-corrected chi connectivity index (χ1v) is 9.80. The summed E-state index contributed by atoms with van der Waals surface area (Å²) in [6, 6.07) is 11.8. The number of ketones is 4. The zero-order valence-corrected chi connectivity index (χ0v) is 17.5. The molecule has 8 nitrogen and oxygen atoms in total. The predicted molar refractivity (Wildman–Crippen MR) is 113 cm³/mol. The van der Waals surface area contributed by atoms with E-state index in [9.17, 15) is 28.8 Å². The van der Waals surface area contributed by atoms with Gasteiger partial charge in [0.2, 0.25) is 0 Å². The summed E-state index contributed by atoms with van der Waals surface area (Å²) in [5.74, 6) is -7.06. The highest BCUT2D eigenvalue weighted by Crippen LogP contribution is 2.38. The van der Waals surface area contributed by atoms with Crippen molar-refractivity contribution in [3.8, 4) is 0 Å². The molecule has 0 aliphatic heterocycles. The van der Waals surface area contributed by atoms with E-state index in [1.165, 1.54) is 36.4 Å². The third-order valence-electron chi connectivity index (χ3n) is 5.55. The van der Waals surface area contributed by atoms with Crippen molar-refractivity contribution in [1.29, 1.82) is 0 Å². The Kier molecular flexibility index (Phi) is 5.43. The van der Waals surface area contributed by atoms with Crippen molar-refractivity contribution in [1.82, 2.24) is 0 Å². The van der Waals surface area contributed by atoms with Gasteiger partial charge < -0.3 is 9.47 Å². The van der Waals surface area contributed by atoms with Crippen LogP contribution in [0.5, 0.6) is 0 Å². The number of carbonyl (C=O) groups excluding carboxylic acids is 6. The fraction of sp³-hybridized carbons (Fsp3) is 0.120. The van der Waals surface area contributed by atoms with Gasteiger partial charge in [-0.1, -0.05) is 48.5 Å². The second-order valence-electron chi connectivity index (χ2n) is 7.27. The molecule has 2 aliphatic carbocycles. The van der Waals surface area contributed by atoms with Gasteiger partial charge in [0.15, 0.2) is 29.1 Å². The quantitative estimate of drug-likeness (QED) is 0.520. The molecule has 0 spiro atoms. The second-order valence-corrected chi connectivity index (χ2v) is 7.27. The molecule has 2 aliphatic rings. The van der Waals surface area contributed by atoms with Crippen LogP contribution < -0.4 is 0 Å². The maximum atomic E-state index is 13.5. The molecular formula is C25H16O8. The Morgan fingerprint density at radius 3 is 1.64 bits per heavy atom. The SMILES string of the molecule is COC(=O)C(C(=O)OC)C1=C(C2=CC(=O)c3ccccc3C2=O)C(=O)c2ccccc2C1=O. The van der Waals surface area contributed by atoms with Crippen molar-refractivity contribution in [2.45, 2.75) is 0 Å². The number of ether oxygens (including phenoxy) is 2. The average molecular weight is 444 g/mol. The third kappa shape index (κ3) is 3.32. The van der Waals surface area contributed by atoms with Gasteiger partial charge in [-0.05, 0) is 6.08 Å². The molecule has 0 saturated heterocycles. The molecule has 33 heavy (non-hydrogen) atoms. The molecular weight excluding hydrogens is 428 g/mol. The lowest BCUT2D eigenvalue weighted by atomic mass is 9.73. The monoisotopic (exact) mass is 444 g/mol. The van der Waals surface area contributed by atoms with Crippen LogP contribution in [-0.4, -0.2) is 49.3 Å². The molecule has 0 unspecified atom stereocenters. The maximum absolute atomic E-state index is 13.5.